The molecule has 0 radical (unpaired) electrons. The predicted molar refractivity (Wildman–Crippen MR) is 113 cm³/mol. The topological polar surface area (TPSA) is 59.8 Å². The van der Waals surface area contributed by atoms with Crippen molar-refractivity contribution < 1.29 is 13.6 Å². The van der Waals surface area contributed by atoms with Crippen molar-refractivity contribution in [1.82, 2.24) is 14.5 Å². The van der Waals surface area contributed by atoms with E-state index in [9.17, 15) is 13.6 Å². The van der Waals surface area contributed by atoms with Crippen molar-refractivity contribution in [3.05, 3.63) is 65.3 Å². The van der Waals surface area contributed by atoms with E-state index < -0.39 is 11.6 Å². The van der Waals surface area contributed by atoms with Crippen LogP contribution < -0.4 is 5.32 Å². The summed E-state index contributed by atoms with van der Waals surface area (Å²) in [6.07, 6.45) is 1.98. The molecule has 1 N–H and O–H groups in total. The Balaban J connectivity index is 1.54. The van der Waals surface area contributed by atoms with Crippen LogP contribution in [0.5, 0.6) is 0 Å². The van der Waals surface area contributed by atoms with E-state index in [0.29, 0.717) is 10.9 Å². The van der Waals surface area contributed by atoms with Gasteiger partial charge in [0.25, 0.3) is 0 Å². The molecule has 0 fully saturated rings. The number of nitrogens with zero attached hydrogens (tertiary/aromatic N) is 3. The molecule has 5 nitrogen and oxygen atoms in total. The van der Waals surface area contributed by atoms with Gasteiger partial charge in [-0.05, 0) is 36.6 Å². The van der Waals surface area contributed by atoms with Crippen LogP contribution in [-0.4, -0.2) is 26.7 Å². The number of hydrogen-bond donors (Lipinski definition) is 1. The molecule has 148 valence electrons. The molecule has 2 heterocycles. The SMILES string of the molecule is CSCc1nc2ccccc2n1CC(=O)Nc1nc(-c2cc(F)ccc2F)cs1. The van der Waals surface area contributed by atoms with E-state index in [1.54, 1.807) is 17.1 Å². The molecule has 4 rings (SSSR count). The van der Waals surface area contributed by atoms with Crippen molar-refractivity contribution in [3.8, 4) is 11.3 Å². The zero-order chi connectivity index (χ0) is 20.4. The molecular weight excluding hydrogens is 414 g/mol. The van der Waals surface area contributed by atoms with Crippen LogP contribution in [0.4, 0.5) is 13.9 Å². The number of para-hydroxylation sites is 2. The molecule has 0 aliphatic rings. The molecule has 0 saturated carbocycles. The summed E-state index contributed by atoms with van der Waals surface area (Å²) in [5.41, 5.74) is 2.05. The molecule has 0 saturated heterocycles. The van der Waals surface area contributed by atoms with E-state index in [1.807, 2.05) is 35.1 Å². The highest BCUT2D eigenvalue weighted by Crippen LogP contribution is 2.28. The minimum atomic E-state index is -0.568. The van der Waals surface area contributed by atoms with E-state index in [0.717, 1.165) is 46.4 Å². The molecule has 1 amide bonds. The van der Waals surface area contributed by atoms with Crippen LogP contribution in [-0.2, 0) is 17.1 Å². The summed E-state index contributed by atoms with van der Waals surface area (Å²) >= 11 is 2.78. The van der Waals surface area contributed by atoms with Crippen LogP contribution in [0.2, 0.25) is 0 Å². The van der Waals surface area contributed by atoms with Crippen molar-refractivity contribution in [1.29, 1.82) is 0 Å². The van der Waals surface area contributed by atoms with E-state index in [-0.39, 0.29) is 23.7 Å². The third kappa shape index (κ3) is 4.15. The van der Waals surface area contributed by atoms with E-state index in [4.69, 9.17) is 0 Å². The third-order valence-corrected chi connectivity index (χ3v) is 5.57. The van der Waals surface area contributed by atoms with Gasteiger partial charge in [-0.3, -0.25) is 4.79 Å². The van der Waals surface area contributed by atoms with Gasteiger partial charge < -0.3 is 9.88 Å². The van der Waals surface area contributed by atoms with Crippen molar-refractivity contribution in [3.63, 3.8) is 0 Å². The van der Waals surface area contributed by atoms with Gasteiger partial charge in [0.2, 0.25) is 5.91 Å². The Hall–Kier alpha value is -2.78. The first-order valence-electron chi connectivity index (χ1n) is 8.69. The molecule has 0 bridgehead atoms. The van der Waals surface area contributed by atoms with Crippen LogP contribution in [0, 0.1) is 11.6 Å². The first kappa shape index (κ1) is 19.5. The second-order valence-electron chi connectivity index (χ2n) is 6.25. The lowest BCUT2D eigenvalue weighted by atomic mass is 10.1. The van der Waals surface area contributed by atoms with E-state index >= 15 is 0 Å². The predicted octanol–water partition coefficient (Wildman–Crippen LogP) is 4.94. The Morgan fingerprint density at radius 3 is 2.86 bits per heavy atom. The van der Waals surface area contributed by atoms with Gasteiger partial charge in [-0.1, -0.05) is 12.1 Å². The Kier molecular flexibility index (Phi) is 5.59. The molecule has 0 aliphatic heterocycles. The van der Waals surface area contributed by atoms with Gasteiger partial charge in [-0.2, -0.15) is 11.8 Å². The number of carbonyl (C=O) groups excluding carboxylic acids is 1. The minimum Gasteiger partial charge on any atom is -0.318 e. The largest absolute Gasteiger partial charge is 0.318 e. The maximum atomic E-state index is 13.9. The molecule has 0 atom stereocenters. The normalized spacial score (nSPS) is 11.1. The van der Waals surface area contributed by atoms with Crippen LogP contribution in [0.1, 0.15) is 5.82 Å². The first-order chi connectivity index (χ1) is 14.0. The number of halogens is 2. The number of amides is 1. The van der Waals surface area contributed by atoms with Crippen molar-refractivity contribution in [2.45, 2.75) is 12.3 Å². The maximum Gasteiger partial charge on any atom is 0.246 e. The summed E-state index contributed by atoms with van der Waals surface area (Å²) < 4.78 is 29.2. The zero-order valence-electron chi connectivity index (χ0n) is 15.4. The number of anilines is 1. The average Bonchev–Trinajstić information content (AvgIpc) is 3.29. The summed E-state index contributed by atoms with van der Waals surface area (Å²) in [7, 11) is 0. The fraction of sp³-hybridized carbons (Fsp3) is 0.150. The van der Waals surface area contributed by atoms with Crippen LogP contribution in [0.15, 0.2) is 47.8 Å². The highest BCUT2D eigenvalue weighted by molar-refractivity contribution is 7.97. The van der Waals surface area contributed by atoms with Gasteiger partial charge in [-0.15, -0.1) is 11.3 Å². The molecular formula is C20H16F2N4OS2. The number of carbonyl (C=O) groups is 1. The molecule has 29 heavy (non-hydrogen) atoms. The van der Waals surface area contributed by atoms with Gasteiger partial charge in [0.1, 0.15) is 24.0 Å². The number of hydrogen-bond acceptors (Lipinski definition) is 5. The number of thiazole rings is 1. The fourth-order valence-electron chi connectivity index (χ4n) is 2.99. The number of fused-ring (bicyclic) bond motifs is 1. The van der Waals surface area contributed by atoms with Crippen molar-refractivity contribution >= 4 is 45.2 Å². The highest BCUT2D eigenvalue weighted by Gasteiger charge is 2.16. The Morgan fingerprint density at radius 1 is 1.21 bits per heavy atom. The van der Waals surface area contributed by atoms with Gasteiger partial charge in [0.05, 0.1) is 22.5 Å². The number of benzene rings is 2. The summed E-state index contributed by atoms with van der Waals surface area (Å²) in [4.78, 5) is 21.4. The van der Waals surface area contributed by atoms with E-state index in [2.05, 4.69) is 15.3 Å². The summed E-state index contributed by atoms with van der Waals surface area (Å²) in [5.74, 6) is 0.114. The second kappa shape index (κ2) is 8.30. The molecule has 0 unspecified atom stereocenters. The highest BCUT2D eigenvalue weighted by atomic mass is 32.2. The van der Waals surface area contributed by atoms with Gasteiger partial charge in [-0.25, -0.2) is 18.7 Å². The van der Waals surface area contributed by atoms with Crippen LogP contribution in [0.25, 0.3) is 22.3 Å². The first-order valence-corrected chi connectivity index (χ1v) is 11.0. The Morgan fingerprint density at radius 2 is 2.03 bits per heavy atom. The van der Waals surface area contributed by atoms with Crippen molar-refractivity contribution in [2.75, 3.05) is 11.6 Å². The number of aromatic nitrogens is 3. The fourth-order valence-corrected chi connectivity index (χ4v) is 4.20. The molecule has 4 aromatic rings. The van der Waals surface area contributed by atoms with Gasteiger partial charge in [0, 0.05) is 10.9 Å². The smallest absolute Gasteiger partial charge is 0.246 e. The minimum absolute atomic E-state index is 0.0598. The third-order valence-electron chi connectivity index (χ3n) is 4.26. The number of rotatable bonds is 6. The number of thioether (sulfide) groups is 1. The summed E-state index contributed by atoms with van der Waals surface area (Å²) in [6.45, 7) is 0.0830. The summed E-state index contributed by atoms with van der Waals surface area (Å²) in [5, 5.41) is 4.64. The molecule has 9 heteroatoms. The maximum absolute atomic E-state index is 13.9. The van der Waals surface area contributed by atoms with Crippen LogP contribution in [0.3, 0.4) is 0 Å². The zero-order valence-corrected chi connectivity index (χ0v) is 17.0. The molecule has 0 spiro atoms. The lowest BCUT2D eigenvalue weighted by Gasteiger charge is -2.08. The molecule has 0 aliphatic carbocycles. The Bertz CT molecular complexity index is 1190. The second-order valence-corrected chi connectivity index (χ2v) is 7.97. The molecule has 2 aromatic carbocycles. The lowest BCUT2D eigenvalue weighted by Crippen LogP contribution is -2.20. The van der Waals surface area contributed by atoms with Crippen LogP contribution >= 0.6 is 23.1 Å². The van der Waals surface area contributed by atoms with E-state index in [1.165, 1.54) is 0 Å². The average molecular weight is 431 g/mol. The Labute approximate surface area is 173 Å². The standard InChI is InChI=1S/C20H16F2N4OS2/c1-28-11-18-23-15-4-2-3-5-17(15)26(18)9-19(27)25-20-24-16(10-29-20)13-8-12(21)6-7-14(13)22/h2-8,10H,9,11H2,1H3,(H,24,25,27). The molecule has 2 aromatic heterocycles. The van der Waals surface area contributed by atoms with Gasteiger partial charge >= 0.3 is 0 Å². The van der Waals surface area contributed by atoms with Gasteiger partial charge in [0.15, 0.2) is 5.13 Å². The number of nitrogens with one attached hydrogen (secondary N) is 1. The lowest BCUT2D eigenvalue weighted by molar-refractivity contribution is -0.116. The number of imidazole rings is 1. The summed E-state index contributed by atoms with van der Waals surface area (Å²) in [6, 6.07) is 10.8. The quantitative estimate of drug-likeness (QED) is 0.471. The van der Waals surface area contributed by atoms with Crippen molar-refractivity contribution in [2.24, 2.45) is 0 Å². The monoisotopic (exact) mass is 430 g/mol.